The Morgan fingerprint density at radius 2 is 1.96 bits per heavy atom. The number of anilines is 3. The third kappa shape index (κ3) is 3.80. The van der Waals surface area contributed by atoms with Gasteiger partial charge in [0.2, 0.25) is 0 Å². The molecule has 0 aliphatic rings. The van der Waals surface area contributed by atoms with Gasteiger partial charge in [0.1, 0.15) is 11.5 Å². The van der Waals surface area contributed by atoms with E-state index in [1.807, 2.05) is 32.0 Å². The van der Waals surface area contributed by atoms with Crippen molar-refractivity contribution in [2.45, 2.75) is 13.8 Å². The fraction of sp³-hybridized carbons (Fsp3) is 0.118. The minimum Gasteiger partial charge on any atom is -0.360 e. The molecule has 0 radical (unpaired) electrons. The number of carbonyl (C=O) groups is 1. The highest BCUT2D eigenvalue weighted by atomic mass is 79.9. The summed E-state index contributed by atoms with van der Waals surface area (Å²) < 4.78 is 6.00. The minimum absolute atomic E-state index is 0.281. The first-order valence-electron chi connectivity index (χ1n) is 7.25. The monoisotopic (exact) mass is 386 g/mol. The molecule has 122 valence electrons. The number of rotatable bonds is 4. The Hall–Kier alpha value is -2.67. The SMILES string of the molecule is Cc1cc(Nc2ccnc(C(=O)Nc3ccc(Br)c(C)c3)c2)no1. The summed E-state index contributed by atoms with van der Waals surface area (Å²) in [5.41, 5.74) is 2.77. The number of halogens is 1. The van der Waals surface area contributed by atoms with Gasteiger partial charge in [-0.25, -0.2) is 0 Å². The molecule has 0 aliphatic carbocycles. The summed E-state index contributed by atoms with van der Waals surface area (Å²) in [4.78, 5) is 16.5. The van der Waals surface area contributed by atoms with Gasteiger partial charge in [-0.15, -0.1) is 0 Å². The molecule has 3 rings (SSSR count). The van der Waals surface area contributed by atoms with Gasteiger partial charge >= 0.3 is 0 Å². The van der Waals surface area contributed by atoms with Crippen LogP contribution in [0.15, 0.2) is 51.6 Å². The van der Waals surface area contributed by atoms with Gasteiger partial charge in [-0.05, 0) is 49.7 Å². The smallest absolute Gasteiger partial charge is 0.274 e. The quantitative estimate of drug-likeness (QED) is 0.692. The average molecular weight is 387 g/mol. The largest absolute Gasteiger partial charge is 0.360 e. The van der Waals surface area contributed by atoms with Gasteiger partial charge in [0.05, 0.1) is 0 Å². The molecule has 0 atom stereocenters. The van der Waals surface area contributed by atoms with E-state index in [2.05, 4.69) is 36.7 Å². The van der Waals surface area contributed by atoms with Crippen LogP contribution in [0.1, 0.15) is 21.8 Å². The van der Waals surface area contributed by atoms with Crippen LogP contribution in [-0.4, -0.2) is 16.0 Å². The lowest BCUT2D eigenvalue weighted by Crippen LogP contribution is -2.14. The zero-order valence-electron chi connectivity index (χ0n) is 13.1. The van der Waals surface area contributed by atoms with Crippen LogP contribution in [0.25, 0.3) is 0 Å². The van der Waals surface area contributed by atoms with E-state index in [-0.39, 0.29) is 5.91 Å². The highest BCUT2D eigenvalue weighted by molar-refractivity contribution is 9.10. The molecule has 0 saturated heterocycles. The van der Waals surface area contributed by atoms with E-state index in [1.54, 1.807) is 24.4 Å². The Labute approximate surface area is 147 Å². The molecule has 0 saturated carbocycles. The van der Waals surface area contributed by atoms with Crippen LogP contribution >= 0.6 is 15.9 Å². The van der Waals surface area contributed by atoms with Gasteiger partial charge in [-0.3, -0.25) is 9.78 Å². The van der Waals surface area contributed by atoms with Crippen LogP contribution in [0.2, 0.25) is 0 Å². The van der Waals surface area contributed by atoms with E-state index in [1.165, 1.54) is 0 Å². The lowest BCUT2D eigenvalue weighted by atomic mass is 10.2. The van der Waals surface area contributed by atoms with Crippen LogP contribution in [0.5, 0.6) is 0 Å². The van der Waals surface area contributed by atoms with E-state index in [4.69, 9.17) is 4.52 Å². The maximum atomic E-state index is 12.4. The third-order valence-electron chi connectivity index (χ3n) is 3.31. The highest BCUT2D eigenvalue weighted by Gasteiger charge is 2.10. The normalized spacial score (nSPS) is 10.5. The third-order valence-corrected chi connectivity index (χ3v) is 4.20. The molecule has 7 heteroatoms. The summed E-state index contributed by atoms with van der Waals surface area (Å²) in [6.07, 6.45) is 1.57. The first kappa shape index (κ1) is 16.2. The molecule has 2 N–H and O–H groups in total. The Morgan fingerprint density at radius 1 is 1.12 bits per heavy atom. The van der Waals surface area contributed by atoms with E-state index >= 15 is 0 Å². The van der Waals surface area contributed by atoms with E-state index < -0.39 is 0 Å². The fourth-order valence-electron chi connectivity index (χ4n) is 2.12. The number of hydrogen-bond donors (Lipinski definition) is 2. The topological polar surface area (TPSA) is 80.0 Å². The van der Waals surface area contributed by atoms with E-state index in [0.717, 1.165) is 10.0 Å². The summed E-state index contributed by atoms with van der Waals surface area (Å²) in [5.74, 6) is 1.00. The molecular formula is C17H15BrN4O2. The van der Waals surface area contributed by atoms with E-state index in [0.29, 0.717) is 28.6 Å². The molecule has 24 heavy (non-hydrogen) atoms. The Bertz CT molecular complexity index is 892. The van der Waals surface area contributed by atoms with Crippen molar-refractivity contribution in [2.24, 2.45) is 0 Å². The van der Waals surface area contributed by atoms with Gasteiger partial charge in [0, 0.05) is 28.1 Å². The maximum absolute atomic E-state index is 12.4. The molecule has 2 aromatic heterocycles. The maximum Gasteiger partial charge on any atom is 0.274 e. The average Bonchev–Trinajstić information content (AvgIpc) is 2.96. The van der Waals surface area contributed by atoms with Crippen molar-refractivity contribution < 1.29 is 9.32 Å². The van der Waals surface area contributed by atoms with Crippen molar-refractivity contribution in [3.63, 3.8) is 0 Å². The van der Waals surface area contributed by atoms with Crippen molar-refractivity contribution in [1.82, 2.24) is 10.1 Å². The molecule has 0 spiro atoms. The molecule has 1 aromatic carbocycles. The van der Waals surface area contributed by atoms with Gasteiger partial charge in [0.25, 0.3) is 5.91 Å². The molecule has 0 bridgehead atoms. The second-order valence-corrected chi connectivity index (χ2v) is 6.15. The van der Waals surface area contributed by atoms with Crippen LogP contribution in [0.3, 0.4) is 0 Å². The second kappa shape index (κ2) is 6.84. The zero-order chi connectivity index (χ0) is 17.1. The number of aryl methyl sites for hydroxylation is 2. The predicted octanol–water partition coefficient (Wildman–Crippen LogP) is 4.44. The summed E-state index contributed by atoms with van der Waals surface area (Å²) in [6, 6.07) is 10.8. The van der Waals surface area contributed by atoms with Crippen LogP contribution < -0.4 is 10.6 Å². The molecule has 1 amide bonds. The Balaban J connectivity index is 1.75. The zero-order valence-corrected chi connectivity index (χ0v) is 14.7. The molecular weight excluding hydrogens is 372 g/mol. The Kier molecular flexibility index (Phi) is 4.61. The lowest BCUT2D eigenvalue weighted by molar-refractivity contribution is 0.102. The van der Waals surface area contributed by atoms with Crippen LogP contribution in [0.4, 0.5) is 17.2 Å². The lowest BCUT2D eigenvalue weighted by Gasteiger charge is -2.08. The molecule has 3 aromatic rings. The molecule has 0 unspecified atom stereocenters. The number of hydrogen-bond acceptors (Lipinski definition) is 5. The first-order chi connectivity index (χ1) is 11.5. The van der Waals surface area contributed by atoms with Crippen molar-refractivity contribution >= 4 is 39.0 Å². The van der Waals surface area contributed by atoms with Gasteiger partial charge in [0.15, 0.2) is 5.82 Å². The summed E-state index contributed by atoms with van der Waals surface area (Å²) in [6.45, 7) is 3.77. The summed E-state index contributed by atoms with van der Waals surface area (Å²) in [5, 5.41) is 9.77. The molecule has 6 nitrogen and oxygen atoms in total. The second-order valence-electron chi connectivity index (χ2n) is 5.30. The number of benzene rings is 1. The van der Waals surface area contributed by atoms with Gasteiger partial charge < -0.3 is 15.2 Å². The van der Waals surface area contributed by atoms with Crippen molar-refractivity contribution in [3.8, 4) is 0 Å². The van der Waals surface area contributed by atoms with Crippen molar-refractivity contribution in [1.29, 1.82) is 0 Å². The van der Waals surface area contributed by atoms with Crippen molar-refractivity contribution in [2.75, 3.05) is 10.6 Å². The standard InChI is InChI=1S/C17H15BrN4O2/c1-10-7-12(3-4-14(10)18)21-17(23)15-9-13(5-6-19-15)20-16-8-11(2)24-22-16/h3-9H,1-2H3,(H,21,23)(H,19,20,22). The number of nitrogens with zero attached hydrogens (tertiary/aromatic N) is 2. The number of amides is 1. The van der Waals surface area contributed by atoms with Crippen molar-refractivity contribution in [3.05, 3.63) is 64.1 Å². The highest BCUT2D eigenvalue weighted by Crippen LogP contribution is 2.21. The fourth-order valence-corrected chi connectivity index (χ4v) is 2.37. The summed E-state index contributed by atoms with van der Waals surface area (Å²) in [7, 11) is 0. The number of nitrogens with one attached hydrogen (secondary N) is 2. The van der Waals surface area contributed by atoms with Crippen LogP contribution in [-0.2, 0) is 0 Å². The van der Waals surface area contributed by atoms with Crippen LogP contribution in [0, 0.1) is 13.8 Å². The number of pyridine rings is 1. The van der Waals surface area contributed by atoms with Gasteiger partial charge in [-0.1, -0.05) is 21.1 Å². The predicted molar refractivity (Wildman–Crippen MR) is 95.6 cm³/mol. The molecule has 0 fully saturated rings. The number of carbonyl (C=O) groups excluding carboxylic acids is 1. The number of aromatic nitrogens is 2. The molecule has 2 heterocycles. The Morgan fingerprint density at radius 3 is 2.67 bits per heavy atom. The molecule has 0 aliphatic heterocycles. The van der Waals surface area contributed by atoms with Gasteiger partial charge in [-0.2, -0.15) is 0 Å². The summed E-state index contributed by atoms with van der Waals surface area (Å²) >= 11 is 3.44. The minimum atomic E-state index is -0.281. The van der Waals surface area contributed by atoms with E-state index in [9.17, 15) is 4.79 Å². The first-order valence-corrected chi connectivity index (χ1v) is 8.04.